The number of amides is 1. The number of thiophene rings is 1. The summed E-state index contributed by atoms with van der Waals surface area (Å²) >= 11 is 1.19. The van der Waals surface area contributed by atoms with Crippen LogP contribution in [0.25, 0.3) is 15.2 Å². The number of methoxy groups -OCH3 is 2. The highest BCUT2D eigenvalue weighted by Crippen LogP contribution is 2.34. The lowest BCUT2D eigenvalue weighted by Gasteiger charge is -2.27. The van der Waals surface area contributed by atoms with Gasteiger partial charge in [0.05, 0.1) is 56.6 Å². The van der Waals surface area contributed by atoms with Crippen molar-refractivity contribution in [2.24, 2.45) is 0 Å². The number of carbonyl (C=O) groups excluding carboxylic acids is 1. The number of nitrogens with one attached hydrogen (secondary N) is 1. The van der Waals surface area contributed by atoms with Crippen LogP contribution in [0, 0.1) is 12.7 Å². The van der Waals surface area contributed by atoms with Gasteiger partial charge in [-0.15, -0.1) is 4.80 Å². The van der Waals surface area contributed by atoms with Gasteiger partial charge < -0.3 is 19.5 Å². The van der Waals surface area contributed by atoms with Crippen molar-refractivity contribution in [1.29, 1.82) is 0 Å². The van der Waals surface area contributed by atoms with Crippen molar-refractivity contribution in [3.05, 3.63) is 68.4 Å². The predicted octanol–water partition coefficient (Wildman–Crippen LogP) is 1.90. The maximum Gasteiger partial charge on any atom is 0.332 e. The van der Waals surface area contributed by atoms with Crippen molar-refractivity contribution in [2.45, 2.75) is 38.5 Å². The zero-order chi connectivity index (χ0) is 28.6. The molecule has 1 saturated heterocycles. The zero-order valence-electron chi connectivity index (χ0n) is 22.5. The number of ether oxygens (including phenoxy) is 3. The van der Waals surface area contributed by atoms with Crippen LogP contribution in [-0.2, 0) is 26.4 Å². The smallest absolute Gasteiger partial charge is 0.332 e. The molecule has 0 radical (unpaired) electrons. The largest absolute Gasteiger partial charge is 0.496 e. The number of fused-ring (bicyclic) bond motifs is 1. The molecule has 1 aliphatic rings. The molecule has 2 atom stereocenters. The number of carbonyl (C=O) groups is 1. The lowest BCUT2D eigenvalue weighted by Crippen LogP contribution is -2.51. The lowest BCUT2D eigenvalue weighted by atomic mass is 10.0. The van der Waals surface area contributed by atoms with Crippen LogP contribution in [0.4, 0.5) is 4.39 Å². The molecule has 212 valence electrons. The van der Waals surface area contributed by atoms with E-state index < -0.39 is 28.7 Å². The number of hydrogen-bond acceptors (Lipinski definition) is 9. The highest BCUT2D eigenvalue weighted by molar-refractivity contribution is 7.21. The van der Waals surface area contributed by atoms with Gasteiger partial charge in [0.15, 0.2) is 0 Å². The molecule has 1 N–H and O–H groups in total. The number of aromatic nitrogens is 5. The quantitative estimate of drug-likeness (QED) is 0.285. The first-order valence-corrected chi connectivity index (χ1v) is 13.4. The van der Waals surface area contributed by atoms with E-state index in [0.717, 1.165) is 4.57 Å². The highest BCUT2D eigenvalue weighted by atomic mass is 32.1. The van der Waals surface area contributed by atoms with Gasteiger partial charge in [-0.2, -0.15) is 10.2 Å². The third-order valence-electron chi connectivity index (χ3n) is 7.03. The molecule has 12 nitrogen and oxygen atoms in total. The minimum Gasteiger partial charge on any atom is -0.496 e. The summed E-state index contributed by atoms with van der Waals surface area (Å²) in [5.41, 5.74) is -1.24. The molecule has 1 amide bonds. The summed E-state index contributed by atoms with van der Waals surface area (Å²) in [5, 5.41) is 12.0. The second-order valence-corrected chi connectivity index (χ2v) is 10.7. The van der Waals surface area contributed by atoms with E-state index in [1.807, 2.05) is 0 Å². The Labute approximate surface area is 231 Å². The number of aryl methyl sites for hydroxylation is 1. The molecule has 0 aliphatic carbocycles. The van der Waals surface area contributed by atoms with Gasteiger partial charge in [-0.3, -0.25) is 18.7 Å². The average Bonchev–Trinajstić information content (AvgIpc) is 3.65. The summed E-state index contributed by atoms with van der Waals surface area (Å²) in [6, 6.07) is 4.06. The zero-order valence-corrected chi connectivity index (χ0v) is 23.3. The van der Waals surface area contributed by atoms with Crippen molar-refractivity contribution in [3.63, 3.8) is 0 Å². The van der Waals surface area contributed by atoms with Crippen molar-refractivity contribution in [3.8, 4) is 10.8 Å². The Morgan fingerprint density at radius 1 is 1.18 bits per heavy atom. The van der Waals surface area contributed by atoms with E-state index in [1.54, 1.807) is 13.8 Å². The molecule has 0 spiro atoms. The second-order valence-electron chi connectivity index (χ2n) is 9.75. The first-order chi connectivity index (χ1) is 19.2. The maximum absolute atomic E-state index is 14.4. The van der Waals surface area contributed by atoms with Gasteiger partial charge in [0, 0.05) is 24.8 Å². The molecule has 1 fully saturated rings. The van der Waals surface area contributed by atoms with Crippen molar-refractivity contribution in [1.82, 2.24) is 29.4 Å². The predicted molar refractivity (Wildman–Crippen MR) is 145 cm³/mol. The average molecular weight is 573 g/mol. The summed E-state index contributed by atoms with van der Waals surface area (Å²) in [6.45, 7) is 3.92. The van der Waals surface area contributed by atoms with Crippen molar-refractivity contribution >= 4 is 27.5 Å². The van der Waals surface area contributed by atoms with E-state index in [1.165, 1.54) is 65.5 Å². The fourth-order valence-electron chi connectivity index (χ4n) is 5.04. The van der Waals surface area contributed by atoms with E-state index in [0.29, 0.717) is 32.1 Å². The Morgan fingerprint density at radius 2 is 1.93 bits per heavy atom. The molecule has 4 heterocycles. The van der Waals surface area contributed by atoms with Crippen molar-refractivity contribution in [2.75, 3.05) is 34.0 Å². The Hall–Kier alpha value is -3.88. The van der Waals surface area contributed by atoms with E-state index >= 15 is 0 Å². The van der Waals surface area contributed by atoms with Gasteiger partial charge in [0.1, 0.15) is 27.5 Å². The van der Waals surface area contributed by atoms with Gasteiger partial charge in [-0.05, 0) is 32.0 Å². The molecular formula is C26H29FN6O6S. The summed E-state index contributed by atoms with van der Waals surface area (Å²) < 4.78 is 33.7. The molecular weight excluding hydrogens is 543 g/mol. The molecule has 40 heavy (non-hydrogen) atoms. The van der Waals surface area contributed by atoms with Crippen molar-refractivity contribution < 1.29 is 23.4 Å². The van der Waals surface area contributed by atoms with Gasteiger partial charge in [-0.25, -0.2) is 9.18 Å². The highest BCUT2D eigenvalue weighted by Gasteiger charge is 2.40. The normalized spacial score (nSPS) is 17.9. The van der Waals surface area contributed by atoms with E-state index in [2.05, 4.69) is 15.5 Å². The van der Waals surface area contributed by atoms with Crippen LogP contribution in [0.2, 0.25) is 0 Å². The molecule has 0 saturated carbocycles. The topological polar surface area (TPSA) is 132 Å². The summed E-state index contributed by atoms with van der Waals surface area (Å²) in [6.07, 6.45) is 2.15. The first kappa shape index (κ1) is 27.7. The van der Waals surface area contributed by atoms with Gasteiger partial charge in [0.2, 0.25) is 5.91 Å². The fraction of sp³-hybridized carbons (Fsp3) is 0.423. The van der Waals surface area contributed by atoms with Gasteiger partial charge in [0.25, 0.3) is 5.56 Å². The molecule has 1 aromatic carbocycles. The lowest BCUT2D eigenvalue weighted by molar-refractivity contribution is -0.119. The van der Waals surface area contributed by atoms with Gasteiger partial charge in [-0.1, -0.05) is 11.3 Å². The van der Waals surface area contributed by atoms with Crippen LogP contribution >= 0.6 is 11.3 Å². The van der Waals surface area contributed by atoms with Crippen LogP contribution in [0.5, 0.6) is 5.75 Å². The Kier molecular flexibility index (Phi) is 7.57. The minimum absolute atomic E-state index is 0.0319. The molecule has 1 aliphatic heterocycles. The monoisotopic (exact) mass is 572 g/mol. The maximum atomic E-state index is 14.4. The SMILES string of the molecule is COCCO[C@@H](Cn1c(=O)n([C@]2(C)CNC(=O)C2)c(=O)c2c(C)c(-n3nccn3)sc21)c1cc(F)ccc1OC. The number of nitrogens with zero attached hydrogens (tertiary/aromatic N) is 5. The minimum atomic E-state index is -1.09. The fourth-order valence-corrected chi connectivity index (χ4v) is 6.26. The Morgan fingerprint density at radius 3 is 2.58 bits per heavy atom. The van der Waals surface area contributed by atoms with E-state index in [9.17, 15) is 18.8 Å². The van der Waals surface area contributed by atoms with Gasteiger partial charge >= 0.3 is 5.69 Å². The summed E-state index contributed by atoms with van der Waals surface area (Å²) in [7, 11) is 2.99. The molecule has 5 rings (SSSR count). The van der Waals surface area contributed by atoms with Crippen LogP contribution in [-0.4, -0.2) is 64.0 Å². The number of hydrogen-bond donors (Lipinski definition) is 1. The van der Waals surface area contributed by atoms with Crippen LogP contribution in [0.15, 0.2) is 40.2 Å². The number of rotatable bonds is 10. The molecule has 0 bridgehead atoms. The third kappa shape index (κ3) is 4.82. The van der Waals surface area contributed by atoms with Crippen LogP contribution in [0.1, 0.15) is 30.6 Å². The Bertz CT molecular complexity index is 1680. The molecule has 4 aromatic rings. The Balaban J connectivity index is 1.76. The summed E-state index contributed by atoms with van der Waals surface area (Å²) in [5.74, 6) is -0.377. The number of benzene rings is 1. The molecule has 0 unspecified atom stereocenters. The first-order valence-electron chi connectivity index (χ1n) is 12.6. The van der Waals surface area contributed by atoms with Crippen LogP contribution in [0.3, 0.4) is 0 Å². The van der Waals surface area contributed by atoms with E-state index in [4.69, 9.17) is 14.2 Å². The van der Waals surface area contributed by atoms with Crippen LogP contribution < -0.4 is 21.3 Å². The third-order valence-corrected chi connectivity index (χ3v) is 8.31. The molecule has 3 aromatic heterocycles. The molecule has 14 heteroatoms. The second kappa shape index (κ2) is 10.9. The summed E-state index contributed by atoms with van der Waals surface area (Å²) in [4.78, 5) is 42.1. The number of halogens is 1. The van der Waals surface area contributed by atoms with E-state index in [-0.39, 0.29) is 38.6 Å². The standard InChI is InChI=1S/C26H29FN6O6S/c1-15-21-22(35)32(26(2)12-20(34)28-14-26)25(36)31(24(21)40-23(15)33-29-7-8-30-33)13-19(39-10-9-37-3)17-11-16(27)5-6-18(17)38-4/h5-8,11,19H,9-10,12-14H2,1-4H3,(H,28,34)/t19-,26-/m0/s1.